The van der Waals surface area contributed by atoms with E-state index in [0.29, 0.717) is 11.6 Å². The third-order valence-corrected chi connectivity index (χ3v) is 6.03. The summed E-state index contributed by atoms with van der Waals surface area (Å²) >= 11 is 6.22. The van der Waals surface area contributed by atoms with Crippen molar-refractivity contribution >= 4 is 33.1 Å². The molecule has 0 saturated carbocycles. The van der Waals surface area contributed by atoms with Crippen molar-refractivity contribution in [2.24, 2.45) is 0 Å². The van der Waals surface area contributed by atoms with E-state index >= 15 is 0 Å². The number of halogens is 1. The fraction of sp³-hybridized carbons (Fsp3) is 0. The molecule has 3 nitrogen and oxygen atoms in total. The van der Waals surface area contributed by atoms with Gasteiger partial charge in [0.05, 0.1) is 0 Å². The second-order valence-corrected chi connectivity index (χ2v) is 8.26. The summed E-state index contributed by atoms with van der Waals surface area (Å²) in [5, 5.41) is 5.19. The Hall–Kier alpha value is -4.08. The van der Waals surface area contributed by atoms with Gasteiger partial charge in [-0.25, -0.2) is 4.98 Å². The summed E-state index contributed by atoms with van der Waals surface area (Å²) in [5.41, 5.74) is 4.11. The van der Waals surface area contributed by atoms with Crippen molar-refractivity contribution in [1.29, 1.82) is 0 Å². The average molecular weight is 444 g/mol. The van der Waals surface area contributed by atoms with Crippen LogP contribution in [0.5, 0.6) is 0 Å². The largest absolute Gasteiger partial charge is 0.226 e. The number of aromatic nitrogens is 3. The SMILES string of the molecule is Clc1nc(-c2ccccc2)nc(-c2ccc(-c3ccc4ccc5ccccc5c4c3)cc2)n1. The lowest BCUT2D eigenvalue weighted by Gasteiger charge is -2.09. The highest BCUT2D eigenvalue weighted by molar-refractivity contribution is 6.28. The molecule has 0 unspecified atom stereocenters. The van der Waals surface area contributed by atoms with Gasteiger partial charge in [-0.2, -0.15) is 9.97 Å². The van der Waals surface area contributed by atoms with Gasteiger partial charge in [0.1, 0.15) is 0 Å². The van der Waals surface area contributed by atoms with Crippen LogP contribution in [-0.4, -0.2) is 15.0 Å². The molecule has 6 rings (SSSR count). The summed E-state index contributed by atoms with van der Waals surface area (Å²) in [6.45, 7) is 0. The summed E-state index contributed by atoms with van der Waals surface area (Å²) in [4.78, 5) is 13.3. The Balaban J connectivity index is 1.39. The Morgan fingerprint density at radius 2 is 0.970 bits per heavy atom. The van der Waals surface area contributed by atoms with Crippen LogP contribution in [0.3, 0.4) is 0 Å². The molecule has 0 fully saturated rings. The van der Waals surface area contributed by atoms with Gasteiger partial charge in [-0.05, 0) is 50.3 Å². The number of hydrogen-bond acceptors (Lipinski definition) is 3. The van der Waals surface area contributed by atoms with Crippen LogP contribution in [0.2, 0.25) is 5.28 Å². The predicted octanol–water partition coefficient (Wildman–Crippen LogP) is 7.83. The van der Waals surface area contributed by atoms with Gasteiger partial charge in [-0.1, -0.05) is 103 Å². The minimum Gasteiger partial charge on any atom is -0.208 e. The lowest BCUT2D eigenvalue weighted by molar-refractivity contribution is 1.07. The molecule has 156 valence electrons. The molecule has 0 bridgehead atoms. The molecule has 0 aliphatic heterocycles. The minimum absolute atomic E-state index is 0.185. The zero-order valence-electron chi connectivity index (χ0n) is 17.6. The zero-order chi connectivity index (χ0) is 22.2. The second kappa shape index (κ2) is 8.12. The highest BCUT2D eigenvalue weighted by Crippen LogP contribution is 2.31. The van der Waals surface area contributed by atoms with Gasteiger partial charge in [0.2, 0.25) is 5.28 Å². The molecule has 0 saturated heterocycles. The van der Waals surface area contributed by atoms with E-state index in [0.717, 1.165) is 16.7 Å². The number of hydrogen-bond donors (Lipinski definition) is 0. The van der Waals surface area contributed by atoms with Gasteiger partial charge >= 0.3 is 0 Å². The highest BCUT2D eigenvalue weighted by Gasteiger charge is 2.10. The molecule has 0 radical (unpaired) electrons. The van der Waals surface area contributed by atoms with E-state index in [1.54, 1.807) is 0 Å². The van der Waals surface area contributed by atoms with Crippen LogP contribution in [0.15, 0.2) is 109 Å². The Morgan fingerprint density at radius 1 is 0.424 bits per heavy atom. The Morgan fingerprint density at radius 3 is 1.73 bits per heavy atom. The van der Waals surface area contributed by atoms with Crippen molar-refractivity contribution in [2.45, 2.75) is 0 Å². The molecular weight excluding hydrogens is 426 g/mol. The fourth-order valence-electron chi connectivity index (χ4n) is 4.19. The van der Waals surface area contributed by atoms with Crippen molar-refractivity contribution in [3.63, 3.8) is 0 Å². The second-order valence-electron chi connectivity index (χ2n) is 7.92. The van der Waals surface area contributed by atoms with Gasteiger partial charge in [0, 0.05) is 11.1 Å². The first-order valence-electron chi connectivity index (χ1n) is 10.7. The van der Waals surface area contributed by atoms with E-state index in [4.69, 9.17) is 11.6 Å². The summed E-state index contributed by atoms with van der Waals surface area (Å²) in [6, 6.07) is 37.5. The third kappa shape index (κ3) is 3.73. The molecule has 0 amide bonds. The first-order valence-corrected chi connectivity index (χ1v) is 11.1. The Labute approximate surface area is 196 Å². The number of rotatable bonds is 3. The summed E-state index contributed by atoms with van der Waals surface area (Å²) in [6.07, 6.45) is 0. The lowest BCUT2D eigenvalue weighted by Crippen LogP contribution is -1.97. The van der Waals surface area contributed by atoms with Crippen LogP contribution in [0, 0.1) is 0 Å². The average Bonchev–Trinajstić information content (AvgIpc) is 2.88. The smallest absolute Gasteiger partial charge is 0.208 e. The number of fused-ring (bicyclic) bond motifs is 3. The van der Waals surface area contributed by atoms with Crippen LogP contribution in [0.25, 0.3) is 55.4 Å². The van der Waals surface area contributed by atoms with E-state index in [1.165, 1.54) is 27.1 Å². The summed E-state index contributed by atoms with van der Waals surface area (Å²) in [7, 11) is 0. The normalized spacial score (nSPS) is 11.2. The predicted molar refractivity (Wildman–Crippen MR) is 136 cm³/mol. The van der Waals surface area contributed by atoms with Crippen LogP contribution in [0.1, 0.15) is 0 Å². The maximum atomic E-state index is 6.22. The van der Waals surface area contributed by atoms with Crippen LogP contribution in [0.4, 0.5) is 0 Å². The first kappa shape index (κ1) is 19.6. The molecule has 0 aliphatic carbocycles. The van der Waals surface area contributed by atoms with E-state index in [1.807, 2.05) is 42.5 Å². The molecule has 0 aliphatic rings. The van der Waals surface area contributed by atoms with Crippen molar-refractivity contribution in [1.82, 2.24) is 15.0 Å². The maximum Gasteiger partial charge on any atom is 0.226 e. The molecule has 5 aromatic carbocycles. The number of nitrogens with zero attached hydrogens (tertiary/aromatic N) is 3. The van der Waals surface area contributed by atoms with Gasteiger partial charge < -0.3 is 0 Å². The molecule has 1 aromatic heterocycles. The Bertz CT molecular complexity index is 1610. The monoisotopic (exact) mass is 443 g/mol. The highest BCUT2D eigenvalue weighted by atomic mass is 35.5. The maximum absolute atomic E-state index is 6.22. The van der Waals surface area contributed by atoms with E-state index in [-0.39, 0.29) is 5.28 Å². The van der Waals surface area contributed by atoms with Crippen molar-refractivity contribution in [3.05, 3.63) is 114 Å². The van der Waals surface area contributed by atoms with Gasteiger partial charge in [0.15, 0.2) is 11.6 Å². The molecule has 0 atom stereocenters. The first-order chi connectivity index (χ1) is 16.2. The van der Waals surface area contributed by atoms with Gasteiger partial charge in [0.25, 0.3) is 0 Å². The summed E-state index contributed by atoms with van der Waals surface area (Å²) < 4.78 is 0. The molecule has 4 heteroatoms. The van der Waals surface area contributed by atoms with Crippen molar-refractivity contribution < 1.29 is 0 Å². The standard InChI is InChI=1S/C29H18ClN3/c30-29-32-27(22-7-2-1-3-8-22)31-28(33-29)23-15-10-19(11-16-23)24-17-14-21-13-12-20-6-4-5-9-25(20)26(21)18-24/h1-18H. The molecule has 0 N–H and O–H groups in total. The fourth-order valence-corrected chi connectivity index (χ4v) is 4.35. The van der Waals surface area contributed by atoms with E-state index in [2.05, 4.69) is 81.7 Å². The van der Waals surface area contributed by atoms with Crippen molar-refractivity contribution in [3.8, 4) is 33.9 Å². The summed E-state index contributed by atoms with van der Waals surface area (Å²) in [5.74, 6) is 1.13. The Kier molecular flexibility index (Phi) is 4.82. The van der Waals surface area contributed by atoms with Crippen LogP contribution in [-0.2, 0) is 0 Å². The molecule has 0 spiro atoms. The quantitative estimate of drug-likeness (QED) is 0.261. The molecule has 1 heterocycles. The minimum atomic E-state index is 0.185. The van der Waals surface area contributed by atoms with Gasteiger partial charge in [-0.15, -0.1) is 0 Å². The number of benzene rings is 5. The van der Waals surface area contributed by atoms with Crippen molar-refractivity contribution in [2.75, 3.05) is 0 Å². The zero-order valence-corrected chi connectivity index (χ0v) is 18.4. The molecule has 33 heavy (non-hydrogen) atoms. The van der Waals surface area contributed by atoms with Crippen LogP contribution < -0.4 is 0 Å². The van der Waals surface area contributed by atoms with Gasteiger partial charge in [-0.3, -0.25) is 0 Å². The van der Waals surface area contributed by atoms with E-state index in [9.17, 15) is 0 Å². The van der Waals surface area contributed by atoms with Crippen LogP contribution >= 0.6 is 11.6 Å². The molecule has 6 aromatic rings. The topological polar surface area (TPSA) is 38.7 Å². The third-order valence-electron chi connectivity index (χ3n) is 5.86. The molecular formula is C29H18ClN3. The van der Waals surface area contributed by atoms with E-state index < -0.39 is 0 Å². The lowest BCUT2D eigenvalue weighted by atomic mass is 9.97.